The Morgan fingerprint density at radius 1 is 1.33 bits per heavy atom. The molecule has 7 nitrogen and oxygen atoms in total. The standard InChI is InChI=1S/C16H20N4O3S/c21-16(4-9-19-8-2-7-18-19)20(12-14-3-1-6-17-11-14)15-5-10-24(22,23)13-15/h1-3,6-8,11,15H,4-5,9-10,12-13H2. The molecule has 1 aliphatic heterocycles. The van der Waals surface area contributed by atoms with Crippen molar-refractivity contribution in [3.05, 3.63) is 48.5 Å². The highest BCUT2D eigenvalue weighted by Gasteiger charge is 2.34. The number of hydrogen-bond acceptors (Lipinski definition) is 5. The van der Waals surface area contributed by atoms with Crippen LogP contribution >= 0.6 is 0 Å². The number of aromatic nitrogens is 3. The highest BCUT2D eigenvalue weighted by molar-refractivity contribution is 7.91. The Morgan fingerprint density at radius 2 is 2.21 bits per heavy atom. The monoisotopic (exact) mass is 348 g/mol. The molecule has 0 radical (unpaired) electrons. The molecule has 1 fully saturated rings. The van der Waals surface area contributed by atoms with Gasteiger partial charge in [0.25, 0.3) is 0 Å². The summed E-state index contributed by atoms with van der Waals surface area (Å²) in [5.41, 5.74) is 0.897. The van der Waals surface area contributed by atoms with Gasteiger partial charge in [0, 0.05) is 50.3 Å². The molecule has 1 saturated heterocycles. The highest BCUT2D eigenvalue weighted by Crippen LogP contribution is 2.21. The van der Waals surface area contributed by atoms with Crippen LogP contribution in [0.4, 0.5) is 0 Å². The van der Waals surface area contributed by atoms with Gasteiger partial charge in [-0.1, -0.05) is 6.07 Å². The summed E-state index contributed by atoms with van der Waals surface area (Å²) >= 11 is 0. The number of amides is 1. The molecule has 0 aliphatic carbocycles. The van der Waals surface area contributed by atoms with Crippen molar-refractivity contribution < 1.29 is 13.2 Å². The molecule has 0 bridgehead atoms. The van der Waals surface area contributed by atoms with Crippen molar-refractivity contribution in [2.24, 2.45) is 0 Å². The van der Waals surface area contributed by atoms with Gasteiger partial charge < -0.3 is 4.90 Å². The maximum atomic E-state index is 12.7. The molecule has 3 rings (SSSR count). The van der Waals surface area contributed by atoms with Crippen LogP contribution in [-0.2, 0) is 27.7 Å². The maximum Gasteiger partial charge on any atom is 0.225 e. The lowest BCUT2D eigenvalue weighted by molar-refractivity contribution is -0.134. The summed E-state index contributed by atoms with van der Waals surface area (Å²) < 4.78 is 25.3. The normalized spacial score (nSPS) is 19.2. The summed E-state index contributed by atoms with van der Waals surface area (Å²) in [4.78, 5) is 18.5. The van der Waals surface area contributed by atoms with E-state index in [1.165, 1.54) is 0 Å². The first-order valence-electron chi connectivity index (χ1n) is 7.90. The van der Waals surface area contributed by atoms with Crippen LogP contribution in [0, 0.1) is 0 Å². The van der Waals surface area contributed by atoms with E-state index >= 15 is 0 Å². The number of carbonyl (C=O) groups is 1. The molecule has 1 aliphatic rings. The summed E-state index contributed by atoms with van der Waals surface area (Å²) in [6.45, 7) is 0.862. The fourth-order valence-electron chi connectivity index (χ4n) is 2.92. The van der Waals surface area contributed by atoms with Crippen LogP contribution in [0.1, 0.15) is 18.4 Å². The molecule has 1 unspecified atom stereocenters. The van der Waals surface area contributed by atoms with Gasteiger partial charge in [-0.2, -0.15) is 5.10 Å². The summed E-state index contributed by atoms with van der Waals surface area (Å²) in [7, 11) is -3.05. The molecular formula is C16H20N4O3S. The number of rotatable bonds is 6. The van der Waals surface area contributed by atoms with Crippen molar-refractivity contribution in [3.8, 4) is 0 Å². The third-order valence-electron chi connectivity index (χ3n) is 4.16. The third kappa shape index (κ3) is 4.19. The summed E-state index contributed by atoms with van der Waals surface area (Å²) in [5, 5.41) is 4.09. The van der Waals surface area contributed by atoms with Gasteiger partial charge in [-0.15, -0.1) is 0 Å². The molecule has 2 aromatic heterocycles. The topological polar surface area (TPSA) is 85.2 Å². The van der Waals surface area contributed by atoms with E-state index in [0.717, 1.165) is 5.56 Å². The van der Waals surface area contributed by atoms with E-state index in [9.17, 15) is 13.2 Å². The first-order valence-corrected chi connectivity index (χ1v) is 9.72. The SMILES string of the molecule is O=C(CCn1cccn1)N(Cc1cccnc1)C1CCS(=O)(=O)C1. The summed E-state index contributed by atoms with van der Waals surface area (Å²) in [5.74, 6) is 0.130. The van der Waals surface area contributed by atoms with Crippen molar-refractivity contribution in [1.82, 2.24) is 19.7 Å². The number of aryl methyl sites for hydroxylation is 1. The minimum atomic E-state index is -3.05. The van der Waals surface area contributed by atoms with Crippen LogP contribution < -0.4 is 0 Å². The Labute approximate surface area is 141 Å². The molecule has 0 spiro atoms. The lowest BCUT2D eigenvalue weighted by atomic mass is 10.1. The van der Waals surface area contributed by atoms with Crippen molar-refractivity contribution >= 4 is 15.7 Å². The second-order valence-corrected chi connectivity index (χ2v) is 8.19. The average Bonchev–Trinajstić information content (AvgIpc) is 3.20. The van der Waals surface area contributed by atoms with Crippen LogP contribution in [0.2, 0.25) is 0 Å². The van der Waals surface area contributed by atoms with Gasteiger partial charge in [-0.05, 0) is 24.1 Å². The molecule has 0 aromatic carbocycles. The van der Waals surface area contributed by atoms with E-state index in [2.05, 4.69) is 10.1 Å². The number of pyridine rings is 1. The predicted octanol–water partition coefficient (Wildman–Crippen LogP) is 0.884. The van der Waals surface area contributed by atoms with Crippen LogP contribution in [0.15, 0.2) is 43.0 Å². The molecule has 24 heavy (non-hydrogen) atoms. The maximum absolute atomic E-state index is 12.7. The van der Waals surface area contributed by atoms with E-state index in [1.807, 2.05) is 12.1 Å². The van der Waals surface area contributed by atoms with Gasteiger partial charge in [-0.3, -0.25) is 14.5 Å². The zero-order valence-electron chi connectivity index (χ0n) is 13.3. The summed E-state index contributed by atoms with van der Waals surface area (Å²) in [6.07, 6.45) is 7.64. The fraction of sp³-hybridized carbons (Fsp3) is 0.438. The second kappa shape index (κ2) is 7.12. The molecular weight excluding hydrogens is 328 g/mol. The Kier molecular flexibility index (Phi) is 4.94. The van der Waals surface area contributed by atoms with E-state index in [-0.39, 0.29) is 23.5 Å². The molecule has 0 saturated carbocycles. The number of nitrogens with zero attached hydrogens (tertiary/aromatic N) is 4. The number of hydrogen-bond donors (Lipinski definition) is 0. The average molecular weight is 348 g/mol. The number of carbonyl (C=O) groups excluding carboxylic acids is 1. The fourth-order valence-corrected chi connectivity index (χ4v) is 4.65. The Morgan fingerprint density at radius 3 is 2.83 bits per heavy atom. The van der Waals surface area contributed by atoms with Gasteiger partial charge in [0.2, 0.25) is 5.91 Å². The first-order chi connectivity index (χ1) is 11.5. The highest BCUT2D eigenvalue weighted by atomic mass is 32.2. The Bertz CT molecular complexity index is 775. The molecule has 128 valence electrons. The van der Waals surface area contributed by atoms with Crippen LogP contribution in [0.3, 0.4) is 0 Å². The van der Waals surface area contributed by atoms with Gasteiger partial charge in [-0.25, -0.2) is 8.42 Å². The quantitative estimate of drug-likeness (QED) is 0.774. The van der Waals surface area contributed by atoms with Gasteiger partial charge in [0.15, 0.2) is 9.84 Å². The lowest BCUT2D eigenvalue weighted by Gasteiger charge is -2.28. The summed E-state index contributed by atoms with van der Waals surface area (Å²) in [6, 6.07) is 5.25. The largest absolute Gasteiger partial charge is 0.334 e. The molecule has 1 atom stereocenters. The molecule has 3 heterocycles. The van der Waals surface area contributed by atoms with E-state index in [1.54, 1.807) is 40.4 Å². The second-order valence-electron chi connectivity index (χ2n) is 5.96. The smallest absolute Gasteiger partial charge is 0.225 e. The van der Waals surface area contributed by atoms with Gasteiger partial charge in [0.1, 0.15) is 0 Å². The minimum Gasteiger partial charge on any atom is -0.334 e. The first kappa shape index (κ1) is 16.6. The molecule has 2 aromatic rings. The zero-order valence-corrected chi connectivity index (χ0v) is 14.1. The van der Waals surface area contributed by atoms with E-state index < -0.39 is 9.84 Å². The Hall–Kier alpha value is -2.22. The van der Waals surface area contributed by atoms with Crippen molar-refractivity contribution in [1.29, 1.82) is 0 Å². The van der Waals surface area contributed by atoms with Crippen LogP contribution in [0.25, 0.3) is 0 Å². The molecule has 1 amide bonds. The Balaban J connectivity index is 1.72. The van der Waals surface area contributed by atoms with E-state index in [0.29, 0.717) is 25.9 Å². The van der Waals surface area contributed by atoms with Crippen LogP contribution in [-0.4, -0.2) is 51.5 Å². The molecule has 0 N–H and O–H groups in total. The van der Waals surface area contributed by atoms with Gasteiger partial charge >= 0.3 is 0 Å². The van der Waals surface area contributed by atoms with Crippen molar-refractivity contribution in [2.75, 3.05) is 11.5 Å². The zero-order chi connectivity index (χ0) is 17.0. The van der Waals surface area contributed by atoms with Crippen LogP contribution in [0.5, 0.6) is 0 Å². The minimum absolute atomic E-state index is 0.0424. The third-order valence-corrected chi connectivity index (χ3v) is 5.91. The predicted molar refractivity (Wildman–Crippen MR) is 88.7 cm³/mol. The van der Waals surface area contributed by atoms with Gasteiger partial charge in [0.05, 0.1) is 11.5 Å². The van der Waals surface area contributed by atoms with Crippen molar-refractivity contribution in [3.63, 3.8) is 0 Å². The number of sulfone groups is 1. The lowest BCUT2D eigenvalue weighted by Crippen LogP contribution is -2.41. The molecule has 8 heteroatoms. The van der Waals surface area contributed by atoms with E-state index in [4.69, 9.17) is 0 Å². The van der Waals surface area contributed by atoms with Crippen molar-refractivity contribution in [2.45, 2.75) is 32.0 Å².